The van der Waals surface area contributed by atoms with Crippen molar-refractivity contribution >= 4 is 29.2 Å². The molecule has 2 aromatic heterocycles. The summed E-state index contributed by atoms with van der Waals surface area (Å²) in [6.07, 6.45) is 3.62. The van der Waals surface area contributed by atoms with Gasteiger partial charge in [0.2, 0.25) is 17.8 Å². The summed E-state index contributed by atoms with van der Waals surface area (Å²) in [7, 11) is 0. The quantitative estimate of drug-likeness (QED) is 0.882. The molecule has 0 atom stereocenters. The highest BCUT2D eigenvalue weighted by Crippen LogP contribution is 2.17. The monoisotopic (exact) mass is 291 g/mol. The summed E-state index contributed by atoms with van der Waals surface area (Å²) in [5.74, 6) is 1.42. The molecule has 2 aromatic rings. The average molecular weight is 291 g/mol. The van der Waals surface area contributed by atoms with Gasteiger partial charge in [0.15, 0.2) is 0 Å². The van der Waals surface area contributed by atoms with Crippen molar-refractivity contribution in [3.05, 3.63) is 16.6 Å². The van der Waals surface area contributed by atoms with E-state index in [1.807, 2.05) is 5.38 Å². The zero-order valence-electron chi connectivity index (χ0n) is 11.1. The van der Waals surface area contributed by atoms with Gasteiger partial charge >= 0.3 is 0 Å². The Morgan fingerprint density at radius 2 is 2.05 bits per heavy atom. The van der Waals surface area contributed by atoms with E-state index < -0.39 is 0 Å². The maximum Gasteiger partial charge on any atom is 0.231 e. The molecule has 0 saturated carbocycles. The number of piperidine rings is 1. The molecular formula is C12H17N7S. The van der Waals surface area contributed by atoms with Crippen LogP contribution in [0.15, 0.2) is 10.9 Å². The van der Waals surface area contributed by atoms with Gasteiger partial charge in [0.05, 0.1) is 17.7 Å². The standard InChI is InChI=1S/C12H17N7S/c13-10-16-11(14-6-9-7-20-8-15-9)18-12(17-10)19-4-2-1-3-5-19/h7-8H,1-6H2,(H3,13,14,16,17,18). The Morgan fingerprint density at radius 3 is 2.80 bits per heavy atom. The van der Waals surface area contributed by atoms with Crippen molar-refractivity contribution in [2.24, 2.45) is 0 Å². The first-order chi connectivity index (χ1) is 9.81. The summed E-state index contributed by atoms with van der Waals surface area (Å²) >= 11 is 1.57. The van der Waals surface area contributed by atoms with Crippen LogP contribution in [0.5, 0.6) is 0 Å². The molecule has 1 saturated heterocycles. The van der Waals surface area contributed by atoms with Gasteiger partial charge < -0.3 is 16.0 Å². The van der Waals surface area contributed by atoms with Gasteiger partial charge in [-0.15, -0.1) is 11.3 Å². The van der Waals surface area contributed by atoms with Crippen molar-refractivity contribution in [2.75, 3.05) is 29.0 Å². The smallest absolute Gasteiger partial charge is 0.231 e. The number of nitrogens with two attached hydrogens (primary N) is 1. The van der Waals surface area contributed by atoms with E-state index in [0.717, 1.165) is 18.8 Å². The lowest BCUT2D eigenvalue weighted by Gasteiger charge is -2.26. The summed E-state index contributed by atoms with van der Waals surface area (Å²) in [5, 5.41) is 5.13. The summed E-state index contributed by atoms with van der Waals surface area (Å²) in [4.78, 5) is 19.2. The second kappa shape index (κ2) is 6.00. The molecule has 106 valence electrons. The fraction of sp³-hybridized carbons (Fsp3) is 0.500. The number of hydrogen-bond acceptors (Lipinski definition) is 8. The normalized spacial score (nSPS) is 15.3. The van der Waals surface area contributed by atoms with Crippen LogP contribution in [0.2, 0.25) is 0 Å². The predicted molar refractivity (Wildman–Crippen MR) is 79.7 cm³/mol. The van der Waals surface area contributed by atoms with E-state index in [-0.39, 0.29) is 5.95 Å². The second-order valence-corrected chi connectivity index (χ2v) is 5.42. The molecule has 3 rings (SSSR count). The molecule has 0 aliphatic carbocycles. The zero-order chi connectivity index (χ0) is 13.8. The van der Waals surface area contributed by atoms with E-state index in [1.165, 1.54) is 19.3 Å². The number of hydrogen-bond donors (Lipinski definition) is 2. The molecule has 3 heterocycles. The third-order valence-electron chi connectivity index (χ3n) is 3.19. The van der Waals surface area contributed by atoms with Gasteiger partial charge in [-0.2, -0.15) is 15.0 Å². The van der Waals surface area contributed by atoms with Crippen LogP contribution in [-0.4, -0.2) is 33.0 Å². The minimum absolute atomic E-state index is 0.251. The lowest BCUT2D eigenvalue weighted by atomic mass is 10.1. The second-order valence-electron chi connectivity index (χ2n) is 4.70. The molecule has 0 aromatic carbocycles. The Hall–Kier alpha value is -1.96. The molecule has 0 spiro atoms. The van der Waals surface area contributed by atoms with Crippen molar-refractivity contribution in [3.63, 3.8) is 0 Å². The van der Waals surface area contributed by atoms with Gasteiger partial charge in [-0.25, -0.2) is 4.98 Å². The molecule has 0 unspecified atom stereocenters. The van der Waals surface area contributed by atoms with Gasteiger partial charge in [0.25, 0.3) is 0 Å². The van der Waals surface area contributed by atoms with Gasteiger partial charge in [-0.05, 0) is 19.3 Å². The lowest BCUT2D eigenvalue weighted by molar-refractivity contribution is 0.568. The van der Waals surface area contributed by atoms with Crippen molar-refractivity contribution in [2.45, 2.75) is 25.8 Å². The maximum atomic E-state index is 5.77. The number of rotatable bonds is 4. The summed E-state index contributed by atoms with van der Waals surface area (Å²) in [6, 6.07) is 0. The van der Waals surface area contributed by atoms with E-state index in [2.05, 4.69) is 30.2 Å². The molecule has 20 heavy (non-hydrogen) atoms. The third-order valence-corrected chi connectivity index (χ3v) is 3.83. The minimum Gasteiger partial charge on any atom is -0.368 e. The number of thiazole rings is 1. The first-order valence-corrected chi connectivity index (χ1v) is 7.63. The van der Waals surface area contributed by atoms with Crippen LogP contribution in [0.3, 0.4) is 0 Å². The van der Waals surface area contributed by atoms with Crippen molar-refractivity contribution in [3.8, 4) is 0 Å². The molecular weight excluding hydrogens is 274 g/mol. The Kier molecular flexibility index (Phi) is 3.91. The molecule has 8 heteroatoms. The Balaban J connectivity index is 1.72. The van der Waals surface area contributed by atoms with Gasteiger partial charge in [0.1, 0.15) is 0 Å². The molecule has 0 radical (unpaired) electrons. The maximum absolute atomic E-state index is 5.77. The van der Waals surface area contributed by atoms with E-state index in [4.69, 9.17) is 5.73 Å². The van der Waals surface area contributed by atoms with Crippen LogP contribution < -0.4 is 16.0 Å². The summed E-state index contributed by atoms with van der Waals surface area (Å²) in [5.41, 5.74) is 8.54. The average Bonchev–Trinajstić information content (AvgIpc) is 2.99. The Labute approximate surface area is 121 Å². The molecule has 0 bridgehead atoms. The highest BCUT2D eigenvalue weighted by molar-refractivity contribution is 7.07. The van der Waals surface area contributed by atoms with Crippen molar-refractivity contribution < 1.29 is 0 Å². The Bertz CT molecular complexity index is 551. The van der Waals surface area contributed by atoms with Gasteiger partial charge in [-0.3, -0.25) is 0 Å². The number of nitrogen functional groups attached to an aromatic ring is 1. The molecule has 1 aliphatic rings. The Morgan fingerprint density at radius 1 is 1.20 bits per heavy atom. The fourth-order valence-electron chi connectivity index (χ4n) is 2.19. The van der Waals surface area contributed by atoms with E-state index in [0.29, 0.717) is 18.4 Å². The summed E-state index contributed by atoms with van der Waals surface area (Å²) < 4.78 is 0. The van der Waals surface area contributed by atoms with Crippen LogP contribution in [-0.2, 0) is 6.54 Å². The van der Waals surface area contributed by atoms with Crippen LogP contribution in [0.25, 0.3) is 0 Å². The minimum atomic E-state index is 0.251. The highest BCUT2D eigenvalue weighted by Gasteiger charge is 2.15. The lowest BCUT2D eigenvalue weighted by Crippen LogP contribution is -2.31. The van der Waals surface area contributed by atoms with Crippen LogP contribution >= 0.6 is 11.3 Å². The molecule has 7 nitrogen and oxygen atoms in total. The van der Waals surface area contributed by atoms with Crippen molar-refractivity contribution in [1.82, 2.24) is 19.9 Å². The molecule has 1 aliphatic heterocycles. The third kappa shape index (κ3) is 3.13. The zero-order valence-corrected chi connectivity index (χ0v) is 11.9. The predicted octanol–water partition coefficient (Wildman–Crippen LogP) is 1.51. The largest absolute Gasteiger partial charge is 0.368 e. The van der Waals surface area contributed by atoms with E-state index >= 15 is 0 Å². The number of nitrogens with zero attached hydrogens (tertiary/aromatic N) is 5. The molecule has 1 fully saturated rings. The molecule has 0 amide bonds. The van der Waals surface area contributed by atoms with Gasteiger partial charge in [0, 0.05) is 18.5 Å². The topological polar surface area (TPSA) is 92.8 Å². The highest BCUT2D eigenvalue weighted by atomic mass is 32.1. The molecule has 3 N–H and O–H groups in total. The van der Waals surface area contributed by atoms with Crippen LogP contribution in [0.1, 0.15) is 25.0 Å². The van der Waals surface area contributed by atoms with E-state index in [1.54, 1.807) is 16.8 Å². The number of aromatic nitrogens is 4. The number of nitrogens with one attached hydrogen (secondary N) is 1. The first kappa shape index (κ1) is 13.0. The fourth-order valence-corrected chi connectivity index (χ4v) is 2.75. The number of anilines is 3. The summed E-state index contributed by atoms with van der Waals surface area (Å²) in [6.45, 7) is 2.55. The van der Waals surface area contributed by atoms with Crippen molar-refractivity contribution in [1.29, 1.82) is 0 Å². The van der Waals surface area contributed by atoms with E-state index in [9.17, 15) is 0 Å². The SMILES string of the molecule is Nc1nc(NCc2cscn2)nc(N2CCCCC2)n1. The van der Waals surface area contributed by atoms with Crippen LogP contribution in [0.4, 0.5) is 17.8 Å². The van der Waals surface area contributed by atoms with Crippen LogP contribution in [0, 0.1) is 0 Å². The van der Waals surface area contributed by atoms with Gasteiger partial charge in [-0.1, -0.05) is 0 Å². The first-order valence-electron chi connectivity index (χ1n) is 6.69.